The zero-order valence-electron chi connectivity index (χ0n) is 11.6. The number of hydrogen-bond acceptors (Lipinski definition) is 2. The van der Waals surface area contributed by atoms with E-state index in [-0.39, 0.29) is 5.91 Å². The van der Waals surface area contributed by atoms with Crippen molar-refractivity contribution in [2.45, 2.75) is 0 Å². The van der Waals surface area contributed by atoms with E-state index in [1.54, 1.807) is 24.1 Å². The molecule has 1 amide bonds. The molecule has 0 saturated heterocycles. The first kappa shape index (κ1) is 16.1. The molecule has 0 aliphatic rings. The Morgan fingerprint density at radius 2 is 1.76 bits per heavy atom. The molecule has 21 heavy (non-hydrogen) atoms. The van der Waals surface area contributed by atoms with Crippen molar-refractivity contribution in [1.29, 1.82) is 0 Å². The summed E-state index contributed by atoms with van der Waals surface area (Å²) < 4.78 is 6.69. The number of likely N-dealkylation sites (N-methyl/N-ethyl adjacent to an activating group) is 1. The summed E-state index contributed by atoms with van der Waals surface area (Å²) in [6.45, 7) is 0.960. The van der Waals surface area contributed by atoms with E-state index in [0.717, 1.165) is 9.32 Å². The maximum Gasteiger partial charge on any atom is 0.253 e. The van der Waals surface area contributed by atoms with Gasteiger partial charge in [-0.05, 0) is 71.1 Å². The zero-order valence-corrected chi connectivity index (χ0v) is 14.5. The van der Waals surface area contributed by atoms with Crippen LogP contribution in [0.3, 0.4) is 0 Å². The summed E-state index contributed by atoms with van der Waals surface area (Å²) >= 11 is 8.02. The molecule has 2 aromatic rings. The molecular weight excluding hydrogens is 401 g/mol. The molecule has 0 fully saturated rings. The summed E-state index contributed by atoms with van der Waals surface area (Å²) in [4.78, 5) is 13.8. The van der Waals surface area contributed by atoms with Gasteiger partial charge in [0.05, 0.1) is 6.54 Å². The number of nitrogens with zero attached hydrogens (tertiary/aromatic N) is 1. The van der Waals surface area contributed by atoms with Crippen LogP contribution in [0.2, 0.25) is 5.02 Å². The van der Waals surface area contributed by atoms with Crippen LogP contribution in [0, 0.1) is 3.57 Å². The monoisotopic (exact) mass is 415 g/mol. The average Bonchev–Trinajstić information content (AvgIpc) is 2.49. The molecule has 0 saturated carbocycles. The maximum atomic E-state index is 12.2. The second-order valence-electron chi connectivity index (χ2n) is 4.54. The van der Waals surface area contributed by atoms with Crippen molar-refractivity contribution in [2.75, 3.05) is 20.2 Å². The Labute approximate surface area is 143 Å². The minimum absolute atomic E-state index is 0.00824. The lowest BCUT2D eigenvalue weighted by Gasteiger charge is -2.17. The first-order valence-corrected chi connectivity index (χ1v) is 7.91. The van der Waals surface area contributed by atoms with Crippen LogP contribution in [0.25, 0.3) is 0 Å². The highest BCUT2D eigenvalue weighted by Crippen LogP contribution is 2.15. The second kappa shape index (κ2) is 7.66. The third-order valence-electron chi connectivity index (χ3n) is 2.95. The lowest BCUT2D eigenvalue weighted by molar-refractivity contribution is 0.0774. The van der Waals surface area contributed by atoms with Gasteiger partial charge in [0.25, 0.3) is 5.91 Å². The van der Waals surface area contributed by atoms with Crippen LogP contribution in [-0.4, -0.2) is 31.0 Å². The van der Waals surface area contributed by atoms with Gasteiger partial charge in [0, 0.05) is 21.2 Å². The SMILES string of the molecule is CN(CCOc1ccc(Cl)cc1)C(=O)c1ccc(I)cc1. The van der Waals surface area contributed by atoms with Crippen molar-refractivity contribution in [2.24, 2.45) is 0 Å². The molecule has 0 N–H and O–H groups in total. The highest BCUT2D eigenvalue weighted by molar-refractivity contribution is 14.1. The summed E-state index contributed by atoms with van der Waals surface area (Å²) in [5.74, 6) is 0.737. The zero-order chi connectivity index (χ0) is 15.2. The number of carbonyl (C=O) groups is 1. The largest absolute Gasteiger partial charge is 0.492 e. The molecule has 3 nitrogen and oxygen atoms in total. The summed E-state index contributed by atoms with van der Waals surface area (Å²) in [6.07, 6.45) is 0. The Morgan fingerprint density at radius 3 is 2.38 bits per heavy atom. The minimum atomic E-state index is -0.00824. The van der Waals surface area contributed by atoms with Crippen LogP contribution in [0.4, 0.5) is 0 Å². The Balaban J connectivity index is 1.83. The second-order valence-corrected chi connectivity index (χ2v) is 6.22. The Kier molecular flexibility index (Phi) is 5.87. The van der Waals surface area contributed by atoms with E-state index >= 15 is 0 Å². The molecule has 5 heteroatoms. The molecule has 0 radical (unpaired) electrons. The van der Waals surface area contributed by atoms with E-state index < -0.39 is 0 Å². The van der Waals surface area contributed by atoms with Gasteiger partial charge in [-0.25, -0.2) is 0 Å². The van der Waals surface area contributed by atoms with Gasteiger partial charge in [0.2, 0.25) is 0 Å². The van der Waals surface area contributed by atoms with Crippen LogP contribution >= 0.6 is 34.2 Å². The third kappa shape index (κ3) is 4.89. The standard InChI is InChI=1S/C16H15ClINO2/c1-19(16(20)12-2-6-14(18)7-3-12)10-11-21-15-8-4-13(17)5-9-15/h2-9H,10-11H2,1H3. The van der Waals surface area contributed by atoms with Crippen molar-refractivity contribution in [3.05, 3.63) is 62.7 Å². The quantitative estimate of drug-likeness (QED) is 0.688. The van der Waals surface area contributed by atoms with Crippen molar-refractivity contribution in [3.63, 3.8) is 0 Å². The molecule has 0 bridgehead atoms. The van der Waals surface area contributed by atoms with Gasteiger partial charge in [-0.1, -0.05) is 11.6 Å². The van der Waals surface area contributed by atoms with Gasteiger partial charge in [-0.3, -0.25) is 4.79 Å². The summed E-state index contributed by atoms with van der Waals surface area (Å²) in [5.41, 5.74) is 0.685. The predicted octanol–water partition coefficient (Wildman–Crippen LogP) is 4.10. The third-order valence-corrected chi connectivity index (χ3v) is 3.92. The average molecular weight is 416 g/mol. The van der Waals surface area contributed by atoms with Gasteiger partial charge < -0.3 is 9.64 Å². The molecule has 0 unspecified atom stereocenters. The van der Waals surface area contributed by atoms with E-state index in [1.165, 1.54) is 0 Å². The number of benzene rings is 2. The van der Waals surface area contributed by atoms with Crippen LogP contribution < -0.4 is 4.74 Å². The number of ether oxygens (including phenoxy) is 1. The first-order valence-electron chi connectivity index (χ1n) is 6.45. The molecule has 0 atom stereocenters. The minimum Gasteiger partial charge on any atom is -0.492 e. The summed E-state index contributed by atoms with van der Waals surface area (Å²) in [5, 5.41) is 0.674. The fourth-order valence-corrected chi connectivity index (χ4v) is 2.23. The van der Waals surface area contributed by atoms with Crippen LogP contribution in [-0.2, 0) is 0 Å². The van der Waals surface area contributed by atoms with E-state index in [0.29, 0.717) is 23.7 Å². The molecule has 2 aromatic carbocycles. The maximum absolute atomic E-state index is 12.2. The highest BCUT2D eigenvalue weighted by atomic mass is 127. The van der Waals surface area contributed by atoms with Gasteiger partial charge in [-0.2, -0.15) is 0 Å². The molecule has 110 valence electrons. The van der Waals surface area contributed by atoms with Crippen molar-refractivity contribution in [3.8, 4) is 5.75 Å². The molecular formula is C16H15ClINO2. The van der Waals surface area contributed by atoms with E-state index in [9.17, 15) is 4.79 Å². The van der Waals surface area contributed by atoms with Gasteiger partial charge in [-0.15, -0.1) is 0 Å². The Hall–Kier alpha value is -1.27. The Morgan fingerprint density at radius 1 is 1.14 bits per heavy atom. The number of amides is 1. The smallest absolute Gasteiger partial charge is 0.253 e. The lowest BCUT2D eigenvalue weighted by Crippen LogP contribution is -2.30. The first-order chi connectivity index (χ1) is 10.1. The van der Waals surface area contributed by atoms with E-state index in [2.05, 4.69) is 22.6 Å². The van der Waals surface area contributed by atoms with Crippen LogP contribution in [0.5, 0.6) is 5.75 Å². The topological polar surface area (TPSA) is 29.5 Å². The van der Waals surface area contributed by atoms with E-state index in [4.69, 9.17) is 16.3 Å². The molecule has 0 heterocycles. The molecule has 2 rings (SSSR count). The van der Waals surface area contributed by atoms with Crippen LogP contribution in [0.1, 0.15) is 10.4 Å². The molecule has 0 aromatic heterocycles. The van der Waals surface area contributed by atoms with Gasteiger partial charge in [0.15, 0.2) is 0 Å². The van der Waals surface area contributed by atoms with Gasteiger partial charge >= 0.3 is 0 Å². The number of rotatable bonds is 5. The highest BCUT2D eigenvalue weighted by Gasteiger charge is 2.11. The number of hydrogen-bond donors (Lipinski definition) is 0. The molecule has 0 aliphatic heterocycles. The predicted molar refractivity (Wildman–Crippen MR) is 93.1 cm³/mol. The van der Waals surface area contributed by atoms with Crippen molar-refractivity contribution < 1.29 is 9.53 Å². The normalized spacial score (nSPS) is 10.2. The van der Waals surface area contributed by atoms with Crippen molar-refractivity contribution >= 4 is 40.1 Å². The Bertz CT molecular complexity index is 599. The summed E-state index contributed by atoms with van der Waals surface area (Å²) in [7, 11) is 1.77. The fourth-order valence-electron chi connectivity index (χ4n) is 1.75. The number of halogens is 2. The van der Waals surface area contributed by atoms with Gasteiger partial charge in [0.1, 0.15) is 12.4 Å². The summed E-state index contributed by atoms with van der Waals surface area (Å²) in [6, 6.07) is 14.7. The molecule has 0 aliphatic carbocycles. The lowest BCUT2D eigenvalue weighted by atomic mass is 10.2. The van der Waals surface area contributed by atoms with E-state index in [1.807, 2.05) is 36.4 Å². The molecule has 0 spiro atoms. The van der Waals surface area contributed by atoms with Crippen LogP contribution in [0.15, 0.2) is 48.5 Å². The number of carbonyl (C=O) groups excluding carboxylic acids is 1. The fraction of sp³-hybridized carbons (Fsp3) is 0.188. The van der Waals surface area contributed by atoms with Crippen molar-refractivity contribution in [1.82, 2.24) is 4.90 Å².